The second-order valence-corrected chi connectivity index (χ2v) is 8.16. The van der Waals surface area contributed by atoms with E-state index in [1.165, 1.54) is 0 Å². The predicted molar refractivity (Wildman–Crippen MR) is 122 cm³/mol. The Labute approximate surface area is 192 Å². The third kappa shape index (κ3) is 4.19. The van der Waals surface area contributed by atoms with E-state index in [-0.39, 0.29) is 5.91 Å². The molecule has 0 atom stereocenters. The highest BCUT2D eigenvalue weighted by Crippen LogP contribution is 2.32. The quantitative estimate of drug-likeness (QED) is 0.593. The molecule has 1 aromatic heterocycles. The van der Waals surface area contributed by atoms with Crippen molar-refractivity contribution < 1.29 is 23.7 Å². The average molecular weight is 450 g/mol. The van der Waals surface area contributed by atoms with Gasteiger partial charge in [-0.15, -0.1) is 0 Å². The molecule has 8 nitrogen and oxygen atoms in total. The molecule has 0 saturated carbocycles. The lowest BCUT2D eigenvalue weighted by Crippen LogP contribution is -2.47. The summed E-state index contributed by atoms with van der Waals surface area (Å²) in [6.07, 6.45) is 1.33. The van der Waals surface area contributed by atoms with Crippen LogP contribution in [-0.4, -0.2) is 66.9 Å². The third-order valence-corrected chi connectivity index (χ3v) is 6.24. The van der Waals surface area contributed by atoms with E-state index in [1.54, 1.807) is 18.9 Å². The van der Waals surface area contributed by atoms with Crippen LogP contribution in [-0.2, 0) is 9.47 Å². The molecular weight excluding hydrogens is 422 g/mol. The van der Waals surface area contributed by atoms with Gasteiger partial charge in [0.2, 0.25) is 0 Å². The number of amides is 1. The minimum absolute atomic E-state index is 0.0692. The topological polar surface area (TPSA) is 75.1 Å². The first-order chi connectivity index (χ1) is 16.1. The fourth-order valence-corrected chi connectivity index (χ4v) is 4.38. The fraction of sp³-hybridized carbons (Fsp3) is 0.360. The van der Waals surface area contributed by atoms with Crippen molar-refractivity contribution in [3.63, 3.8) is 0 Å². The molecule has 2 aromatic carbocycles. The van der Waals surface area contributed by atoms with Crippen molar-refractivity contribution in [2.24, 2.45) is 0 Å². The number of likely N-dealkylation sites (tertiary alicyclic amines) is 1. The number of carbonyl (C=O) groups is 1. The number of ether oxygens (including phenoxy) is 4. The van der Waals surface area contributed by atoms with E-state index < -0.39 is 5.79 Å². The Morgan fingerprint density at radius 2 is 1.64 bits per heavy atom. The van der Waals surface area contributed by atoms with Crippen LogP contribution in [0.4, 0.5) is 0 Å². The minimum Gasteiger partial charge on any atom is -0.497 e. The molecular formula is C25H27N3O5. The summed E-state index contributed by atoms with van der Waals surface area (Å²) in [6, 6.07) is 17.0. The second-order valence-electron chi connectivity index (χ2n) is 8.16. The zero-order valence-electron chi connectivity index (χ0n) is 18.8. The van der Waals surface area contributed by atoms with E-state index in [9.17, 15) is 4.79 Å². The number of benzene rings is 2. The van der Waals surface area contributed by atoms with Crippen molar-refractivity contribution in [2.75, 3.05) is 40.5 Å². The van der Waals surface area contributed by atoms with Gasteiger partial charge in [0, 0.05) is 31.5 Å². The monoisotopic (exact) mass is 449 g/mol. The maximum atomic E-state index is 13.6. The SMILES string of the molecule is COc1ccc(-n2nc(-c3cccc(OC)c3)cc2C(=O)N2CCC3(CC2)OCCO3)cc1. The maximum Gasteiger partial charge on any atom is 0.272 e. The van der Waals surface area contributed by atoms with Crippen LogP contribution in [0.15, 0.2) is 54.6 Å². The number of nitrogens with zero attached hydrogens (tertiary/aromatic N) is 3. The van der Waals surface area contributed by atoms with Crippen LogP contribution in [0.3, 0.4) is 0 Å². The Morgan fingerprint density at radius 1 is 0.939 bits per heavy atom. The van der Waals surface area contributed by atoms with Crippen molar-refractivity contribution in [1.29, 1.82) is 0 Å². The Balaban J connectivity index is 1.48. The highest BCUT2D eigenvalue weighted by Gasteiger charge is 2.41. The van der Waals surface area contributed by atoms with E-state index in [2.05, 4.69) is 0 Å². The maximum absolute atomic E-state index is 13.6. The Kier molecular flexibility index (Phi) is 5.78. The van der Waals surface area contributed by atoms with Gasteiger partial charge in [-0.3, -0.25) is 4.79 Å². The summed E-state index contributed by atoms with van der Waals surface area (Å²) < 4.78 is 24.0. The molecule has 2 fully saturated rings. The van der Waals surface area contributed by atoms with Crippen molar-refractivity contribution in [3.05, 3.63) is 60.3 Å². The molecule has 0 aliphatic carbocycles. The van der Waals surface area contributed by atoms with Gasteiger partial charge in [0.05, 0.1) is 38.8 Å². The highest BCUT2D eigenvalue weighted by molar-refractivity contribution is 5.94. The van der Waals surface area contributed by atoms with E-state index in [0.29, 0.717) is 50.5 Å². The number of piperidine rings is 1. The van der Waals surface area contributed by atoms with E-state index in [1.807, 2.05) is 59.5 Å². The van der Waals surface area contributed by atoms with Crippen LogP contribution >= 0.6 is 0 Å². The van der Waals surface area contributed by atoms with Crippen LogP contribution in [0.25, 0.3) is 16.9 Å². The smallest absolute Gasteiger partial charge is 0.272 e. The first-order valence-corrected chi connectivity index (χ1v) is 11.1. The summed E-state index contributed by atoms with van der Waals surface area (Å²) in [4.78, 5) is 15.5. The van der Waals surface area contributed by atoms with Gasteiger partial charge in [-0.2, -0.15) is 5.10 Å². The lowest BCUT2D eigenvalue weighted by Gasteiger charge is -2.37. The number of carbonyl (C=O) groups excluding carboxylic acids is 1. The van der Waals surface area contributed by atoms with Gasteiger partial charge in [-0.25, -0.2) is 4.68 Å². The largest absolute Gasteiger partial charge is 0.497 e. The number of hydrogen-bond donors (Lipinski definition) is 0. The minimum atomic E-state index is -0.529. The molecule has 3 aromatic rings. The van der Waals surface area contributed by atoms with Gasteiger partial charge in [-0.1, -0.05) is 12.1 Å². The molecule has 0 unspecified atom stereocenters. The third-order valence-electron chi connectivity index (χ3n) is 6.24. The van der Waals surface area contributed by atoms with Crippen LogP contribution < -0.4 is 9.47 Å². The zero-order chi connectivity index (χ0) is 22.8. The van der Waals surface area contributed by atoms with Gasteiger partial charge in [-0.05, 0) is 42.5 Å². The standard InChI is InChI=1S/C25H27N3O5/c1-30-20-8-6-19(7-9-20)28-23(17-22(26-28)18-4-3-5-21(16-18)31-2)24(29)27-12-10-25(11-13-27)32-14-15-33-25/h3-9,16-17H,10-15H2,1-2H3. The van der Waals surface area contributed by atoms with Crippen LogP contribution in [0, 0.1) is 0 Å². The number of methoxy groups -OCH3 is 2. The summed E-state index contributed by atoms with van der Waals surface area (Å²) in [5.74, 6) is 0.876. The van der Waals surface area contributed by atoms with Crippen molar-refractivity contribution in [2.45, 2.75) is 18.6 Å². The van der Waals surface area contributed by atoms with Crippen molar-refractivity contribution in [3.8, 4) is 28.4 Å². The second kappa shape index (κ2) is 8.88. The number of hydrogen-bond acceptors (Lipinski definition) is 6. The van der Waals surface area contributed by atoms with Crippen LogP contribution in [0.2, 0.25) is 0 Å². The van der Waals surface area contributed by atoms with Crippen molar-refractivity contribution >= 4 is 5.91 Å². The van der Waals surface area contributed by atoms with Crippen molar-refractivity contribution in [1.82, 2.24) is 14.7 Å². The average Bonchev–Trinajstić information content (AvgIpc) is 3.52. The molecule has 2 aliphatic heterocycles. The Morgan fingerprint density at radius 3 is 2.30 bits per heavy atom. The van der Waals surface area contributed by atoms with Crippen LogP contribution in [0.1, 0.15) is 23.3 Å². The van der Waals surface area contributed by atoms with Gasteiger partial charge < -0.3 is 23.8 Å². The molecule has 33 heavy (non-hydrogen) atoms. The van der Waals surface area contributed by atoms with Crippen LogP contribution in [0.5, 0.6) is 11.5 Å². The van der Waals surface area contributed by atoms with Gasteiger partial charge in [0.1, 0.15) is 17.2 Å². The molecule has 172 valence electrons. The Bertz CT molecular complexity index is 1130. The first kappa shape index (κ1) is 21.5. The lowest BCUT2D eigenvalue weighted by molar-refractivity contribution is -0.181. The summed E-state index contributed by atoms with van der Waals surface area (Å²) in [5, 5.41) is 4.79. The molecule has 1 spiro atoms. The van der Waals surface area contributed by atoms with E-state index in [0.717, 1.165) is 22.7 Å². The predicted octanol–water partition coefficient (Wildman–Crippen LogP) is 3.54. The first-order valence-electron chi connectivity index (χ1n) is 11.1. The molecule has 2 saturated heterocycles. The molecule has 5 rings (SSSR count). The van der Waals surface area contributed by atoms with E-state index in [4.69, 9.17) is 24.0 Å². The zero-order valence-corrected chi connectivity index (χ0v) is 18.8. The highest BCUT2D eigenvalue weighted by atomic mass is 16.7. The molecule has 1 amide bonds. The molecule has 0 N–H and O–H groups in total. The number of rotatable bonds is 5. The molecule has 0 bridgehead atoms. The molecule has 0 radical (unpaired) electrons. The van der Waals surface area contributed by atoms with Gasteiger partial charge in [0.25, 0.3) is 5.91 Å². The summed E-state index contributed by atoms with van der Waals surface area (Å²) in [5.41, 5.74) is 2.86. The molecule has 8 heteroatoms. The summed E-state index contributed by atoms with van der Waals surface area (Å²) in [6.45, 7) is 2.37. The molecule has 2 aliphatic rings. The normalized spacial score (nSPS) is 17.3. The number of aromatic nitrogens is 2. The van der Waals surface area contributed by atoms with Gasteiger partial charge >= 0.3 is 0 Å². The van der Waals surface area contributed by atoms with E-state index >= 15 is 0 Å². The fourth-order valence-electron chi connectivity index (χ4n) is 4.38. The summed E-state index contributed by atoms with van der Waals surface area (Å²) >= 11 is 0. The Hall–Kier alpha value is -3.36. The molecule has 3 heterocycles. The summed E-state index contributed by atoms with van der Waals surface area (Å²) in [7, 11) is 3.25. The lowest BCUT2D eigenvalue weighted by atomic mass is 10.0. The van der Waals surface area contributed by atoms with Gasteiger partial charge in [0.15, 0.2) is 5.79 Å².